The summed E-state index contributed by atoms with van der Waals surface area (Å²) in [4.78, 5) is 0. The summed E-state index contributed by atoms with van der Waals surface area (Å²) in [6, 6.07) is 0. The van der Waals surface area contributed by atoms with Gasteiger partial charge in [-0.3, -0.25) is 0 Å². The fourth-order valence-electron chi connectivity index (χ4n) is 2.69. The van der Waals surface area contributed by atoms with Gasteiger partial charge in [0.25, 0.3) is 0 Å². The van der Waals surface area contributed by atoms with Crippen LogP contribution in [0.1, 0.15) is 51.9 Å². The van der Waals surface area contributed by atoms with Crippen LogP contribution in [0.2, 0.25) is 0 Å². The van der Waals surface area contributed by atoms with Gasteiger partial charge < -0.3 is 5.32 Å². The van der Waals surface area contributed by atoms with E-state index in [1.807, 2.05) is 0 Å². The van der Waals surface area contributed by atoms with Crippen molar-refractivity contribution in [3.05, 3.63) is 0 Å². The van der Waals surface area contributed by atoms with Gasteiger partial charge in [0, 0.05) is 12.3 Å². The Morgan fingerprint density at radius 3 is 2.50 bits per heavy atom. The summed E-state index contributed by atoms with van der Waals surface area (Å²) < 4.78 is 0. The highest BCUT2D eigenvalue weighted by molar-refractivity contribution is 7.80. The molecule has 0 spiro atoms. The lowest BCUT2D eigenvalue weighted by Gasteiger charge is -2.27. The van der Waals surface area contributed by atoms with E-state index in [2.05, 4.69) is 24.9 Å². The van der Waals surface area contributed by atoms with Crippen molar-refractivity contribution in [1.82, 2.24) is 5.32 Å². The van der Waals surface area contributed by atoms with Crippen LogP contribution in [0, 0.1) is 11.8 Å². The fourth-order valence-corrected chi connectivity index (χ4v) is 2.85. The summed E-state index contributed by atoms with van der Waals surface area (Å²) in [6.45, 7) is 4.69. The fraction of sp³-hybridized carbons (Fsp3) is 1.00. The van der Waals surface area contributed by atoms with Crippen LogP contribution >= 0.6 is 25.0 Å². The molecule has 1 nitrogen and oxygen atoms in total. The predicted molar refractivity (Wildman–Crippen MR) is 78.9 cm³/mol. The Morgan fingerprint density at radius 1 is 1.19 bits per heavy atom. The van der Waals surface area contributed by atoms with Crippen molar-refractivity contribution in [3.63, 3.8) is 0 Å². The quantitative estimate of drug-likeness (QED) is 0.525. The van der Waals surface area contributed by atoms with Crippen molar-refractivity contribution in [1.29, 1.82) is 0 Å². The summed E-state index contributed by atoms with van der Waals surface area (Å²) in [5.41, 5.74) is 0. The molecule has 98 valence electrons. The number of nitrogens with one attached hydrogen (secondary N) is 1. The Hall–Kier alpha value is 0.600. The molecule has 1 atom stereocenters. The third-order valence-corrected chi connectivity index (χ3v) is 3.98. The first-order valence-electron chi connectivity index (χ1n) is 6.66. The van der Waals surface area contributed by atoms with E-state index in [4.69, 9.17) is 0 Å². The zero-order chi connectivity index (χ0) is 10.9. The average Bonchev–Trinajstić information content (AvgIpc) is 2.30. The van der Waals surface area contributed by atoms with E-state index in [1.165, 1.54) is 51.5 Å². The summed E-state index contributed by atoms with van der Waals surface area (Å²) in [6.07, 6.45) is 10.2. The highest BCUT2D eigenvalue weighted by Gasteiger charge is 2.19. The predicted octanol–water partition coefficient (Wildman–Crippen LogP) is 3.92. The molecular formula is C13H28ClNS. The first kappa shape index (κ1) is 16.6. The van der Waals surface area contributed by atoms with Gasteiger partial charge in [0.2, 0.25) is 0 Å². The molecule has 0 aromatic carbocycles. The van der Waals surface area contributed by atoms with E-state index in [0.29, 0.717) is 0 Å². The standard InChI is InChI=1S/C13H27NS.ClH/c1-12(6-5-9-14-10-11-15)13-7-3-2-4-8-13;/h12-15H,2-11H2,1H3;1H. The molecule has 3 heteroatoms. The molecule has 0 saturated heterocycles. The maximum absolute atomic E-state index is 4.18. The number of thiol groups is 1. The molecule has 1 aliphatic carbocycles. The van der Waals surface area contributed by atoms with Crippen molar-refractivity contribution < 1.29 is 0 Å². The van der Waals surface area contributed by atoms with Gasteiger partial charge in [-0.25, -0.2) is 0 Å². The Kier molecular flexibility index (Phi) is 11.1. The lowest BCUT2D eigenvalue weighted by atomic mass is 9.79. The summed E-state index contributed by atoms with van der Waals surface area (Å²) in [5.74, 6) is 2.93. The molecule has 0 radical (unpaired) electrons. The number of hydrogen-bond acceptors (Lipinski definition) is 2. The van der Waals surface area contributed by atoms with E-state index in [0.717, 1.165) is 24.1 Å². The monoisotopic (exact) mass is 265 g/mol. The molecule has 16 heavy (non-hydrogen) atoms. The van der Waals surface area contributed by atoms with Gasteiger partial charge in [-0.15, -0.1) is 12.4 Å². The van der Waals surface area contributed by atoms with Crippen LogP contribution < -0.4 is 5.32 Å². The molecule has 0 aliphatic heterocycles. The SMILES string of the molecule is CC(CCCNCCS)C1CCCCC1.Cl. The van der Waals surface area contributed by atoms with Gasteiger partial charge in [-0.05, 0) is 31.2 Å². The largest absolute Gasteiger partial charge is 0.316 e. The van der Waals surface area contributed by atoms with Crippen molar-refractivity contribution >= 4 is 25.0 Å². The lowest BCUT2D eigenvalue weighted by Crippen LogP contribution is -2.20. The first-order chi connectivity index (χ1) is 7.34. The van der Waals surface area contributed by atoms with Gasteiger partial charge in [0.1, 0.15) is 0 Å². The maximum atomic E-state index is 4.18. The molecule has 0 heterocycles. The minimum Gasteiger partial charge on any atom is -0.316 e. The van der Waals surface area contributed by atoms with Gasteiger partial charge >= 0.3 is 0 Å². The molecule has 0 aromatic heterocycles. The number of halogens is 1. The van der Waals surface area contributed by atoms with Crippen LogP contribution in [-0.2, 0) is 0 Å². The minimum atomic E-state index is 0. The molecule has 1 rings (SSSR count). The van der Waals surface area contributed by atoms with Crippen LogP contribution in [0.15, 0.2) is 0 Å². The molecule has 1 aliphatic rings. The van der Waals surface area contributed by atoms with Gasteiger partial charge in [-0.2, -0.15) is 12.6 Å². The third kappa shape index (κ3) is 7.03. The third-order valence-electron chi connectivity index (χ3n) is 3.76. The van der Waals surface area contributed by atoms with E-state index in [-0.39, 0.29) is 12.4 Å². The van der Waals surface area contributed by atoms with E-state index in [9.17, 15) is 0 Å². The second-order valence-electron chi connectivity index (χ2n) is 4.99. The number of rotatable bonds is 7. The second-order valence-corrected chi connectivity index (χ2v) is 5.44. The molecule has 0 aromatic rings. The van der Waals surface area contributed by atoms with Gasteiger partial charge in [0.05, 0.1) is 0 Å². The van der Waals surface area contributed by atoms with Crippen LogP contribution in [0.3, 0.4) is 0 Å². The van der Waals surface area contributed by atoms with E-state index in [1.54, 1.807) is 0 Å². The lowest BCUT2D eigenvalue weighted by molar-refractivity contribution is 0.248. The molecule has 0 amide bonds. The maximum Gasteiger partial charge on any atom is 0.00397 e. The normalized spacial score (nSPS) is 19.1. The Bertz CT molecular complexity index is 149. The molecule has 1 N–H and O–H groups in total. The van der Waals surface area contributed by atoms with Crippen molar-refractivity contribution in [2.45, 2.75) is 51.9 Å². The molecule has 1 unspecified atom stereocenters. The summed E-state index contributed by atoms with van der Waals surface area (Å²) in [7, 11) is 0. The van der Waals surface area contributed by atoms with Crippen LogP contribution in [0.4, 0.5) is 0 Å². The van der Waals surface area contributed by atoms with Crippen molar-refractivity contribution in [2.75, 3.05) is 18.8 Å². The van der Waals surface area contributed by atoms with Gasteiger partial charge in [-0.1, -0.05) is 39.0 Å². The minimum absolute atomic E-state index is 0. The second kappa shape index (κ2) is 10.7. The van der Waals surface area contributed by atoms with E-state index < -0.39 is 0 Å². The molecule has 1 saturated carbocycles. The average molecular weight is 266 g/mol. The topological polar surface area (TPSA) is 12.0 Å². The van der Waals surface area contributed by atoms with Crippen LogP contribution in [-0.4, -0.2) is 18.8 Å². The molecular weight excluding hydrogens is 238 g/mol. The van der Waals surface area contributed by atoms with Gasteiger partial charge in [0.15, 0.2) is 0 Å². The summed E-state index contributed by atoms with van der Waals surface area (Å²) >= 11 is 4.18. The highest BCUT2D eigenvalue weighted by atomic mass is 35.5. The Labute approximate surface area is 113 Å². The van der Waals surface area contributed by atoms with E-state index >= 15 is 0 Å². The zero-order valence-electron chi connectivity index (χ0n) is 10.6. The smallest absolute Gasteiger partial charge is 0.00397 e. The van der Waals surface area contributed by atoms with Crippen molar-refractivity contribution in [3.8, 4) is 0 Å². The highest BCUT2D eigenvalue weighted by Crippen LogP contribution is 2.31. The zero-order valence-corrected chi connectivity index (χ0v) is 12.3. The number of hydrogen-bond donors (Lipinski definition) is 2. The van der Waals surface area contributed by atoms with Crippen molar-refractivity contribution in [2.24, 2.45) is 11.8 Å². The van der Waals surface area contributed by atoms with Crippen LogP contribution in [0.5, 0.6) is 0 Å². The molecule has 0 bridgehead atoms. The summed E-state index contributed by atoms with van der Waals surface area (Å²) in [5, 5.41) is 3.42. The first-order valence-corrected chi connectivity index (χ1v) is 7.29. The Balaban J connectivity index is 0.00000225. The molecule has 1 fully saturated rings. The van der Waals surface area contributed by atoms with Crippen LogP contribution in [0.25, 0.3) is 0 Å². The Morgan fingerprint density at radius 2 is 1.88 bits per heavy atom.